The number of aromatic hydroxyl groups is 1. The first kappa shape index (κ1) is 30.4. The highest BCUT2D eigenvalue weighted by Crippen LogP contribution is 2.42. The van der Waals surface area contributed by atoms with Crippen molar-refractivity contribution in [2.45, 2.75) is 69.2 Å². The molecule has 1 spiro atoms. The number of nitrogens with zero attached hydrogens (tertiary/aromatic N) is 5. The van der Waals surface area contributed by atoms with Crippen LogP contribution >= 0.6 is 0 Å². The normalized spacial score (nSPS) is 26.1. The standard InChI is InChI=1S/C36H38F3N5O3/c1-2-25-28(38)8-7-22-15-24(45)16-26(29(22)25)31-30(39)32-27(18-40-31)33(43-12-6-11-36(20-43)10-3-4-14-47-36)42-34(41-32)46-21-35-9-5-13-44(35)19-23(37)17-35/h3-4,7-8,15-16,18,23,45H,2,5-6,9-14,17,19-21H2,1H3/t23-,35+,36?/m1/s1. The minimum atomic E-state index is -0.915. The number of halogens is 3. The lowest BCUT2D eigenvalue weighted by Crippen LogP contribution is -2.51. The SMILES string of the molecule is CCc1c(F)ccc2cc(O)cc(-c3ncc4c(N5CCCC6(CC=CCO6)C5)nc(OC[C@@]56CCCN5C[C@H](F)C6)nc4c3F)c12. The summed E-state index contributed by atoms with van der Waals surface area (Å²) in [5.41, 5.74) is -0.157. The van der Waals surface area contributed by atoms with E-state index in [1.807, 2.05) is 13.0 Å². The summed E-state index contributed by atoms with van der Waals surface area (Å²) in [4.78, 5) is 18.3. The molecule has 0 radical (unpaired) electrons. The molecular weight excluding hydrogens is 607 g/mol. The van der Waals surface area contributed by atoms with Crippen molar-refractivity contribution in [1.82, 2.24) is 19.9 Å². The van der Waals surface area contributed by atoms with Crippen LogP contribution in [0.2, 0.25) is 0 Å². The number of piperidine rings is 1. The van der Waals surface area contributed by atoms with Crippen LogP contribution in [0, 0.1) is 11.6 Å². The minimum Gasteiger partial charge on any atom is -0.508 e. The second kappa shape index (κ2) is 11.6. The van der Waals surface area contributed by atoms with Crippen molar-refractivity contribution >= 4 is 27.5 Å². The number of fused-ring (bicyclic) bond motifs is 3. The number of pyridine rings is 1. The first-order valence-electron chi connectivity index (χ1n) is 16.6. The zero-order chi connectivity index (χ0) is 32.3. The minimum absolute atomic E-state index is 0.0113. The number of anilines is 1. The van der Waals surface area contributed by atoms with Crippen LogP contribution in [-0.4, -0.2) is 81.7 Å². The Hall–Kier alpha value is -3.96. The van der Waals surface area contributed by atoms with E-state index >= 15 is 8.78 Å². The molecule has 8 rings (SSSR count). The highest BCUT2D eigenvalue weighted by atomic mass is 19.1. The van der Waals surface area contributed by atoms with Gasteiger partial charge in [0.2, 0.25) is 0 Å². The van der Waals surface area contributed by atoms with Gasteiger partial charge in [0.25, 0.3) is 0 Å². The molecular formula is C36H38F3N5O3. The predicted molar refractivity (Wildman–Crippen MR) is 174 cm³/mol. The Morgan fingerprint density at radius 3 is 2.81 bits per heavy atom. The summed E-state index contributed by atoms with van der Waals surface area (Å²) in [7, 11) is 0. The van der Waals surface area contributed by atoms with E-state index in [1.54, 1.807) is 12.3 Å². The summed E-state index contributed by atoms with van der Waals surface area (Å²) < 4.78 is 59.0. The van der Waals surface area contributed by atoms with Crippen molar-refractivity contribution in [2.24, 2.45) is 0 Å². The van der Waals surface area contributed by atoms with Crippen molar-refractivity contribution in [1.29, 1.82) is 0 Å². The van der Waals surface area contributed by atoms with Crippen molar-refractivity contribution in [3.8, 4) is 23.0 Å². The smallest absolute Gasteiger partial charge is 0.319 e. The van der Waals surface area contributed by atoms with E-state index in [4.69, 9.17) is 14.5 Å². The van der Waals surface area contributed by atoms with Gasteiger partial charge in [0.15, 0.2) is 5.82 Å². The monoisotopic (exact) mass is 645 g/mol. The van der Waals surface area contributed by atoms with E-state index < -0.39 is 23.3 Å². The maximum atomic E-state index is 16.9. The zero-order valence-electron chi connectivity index (χ0n) is 26.4. The Kier molecular flexibility index (Phi) is 7.51. The Morgan fingerprint density at radius 2 is 1.98 bits per heavy atom. The maximum absolute atomic E-state index is 16.9. The molecule has 1 N–H and O–H groups in total. The molecule has 3 saturated heterocycles. The quantitative estimate of drug-likeness (QED) is 0.233. The Balaban J connectivity index is 1.27. The van der Waals surface area contributed by atoms with Crippen molar-refractivity contribution in [3.05, 3.63) is 59.8 Å². The molecule has 4 aliphatic rings. The highest BCUT2D eigenvalue weighted by Gasteiger charge is 2.49. The maximum Gasteiger partial charge on any atom is 0.319 e. The lowest BCUT2D eigenvalue weighted by Gasteiger charge is -2.44. The number of hydrogen-bond acceptors (Lipinski definition) is 8. The number of ether oxygens (including phenoxy) is 2. The summed E-state index contributed by atoms with van der Waals surface area (Å²) in [5.74, 6) is -0.715. The molecule has 4 aromatic rings. The van der Waals surface area contributed by atoms with Gasteiger partial charge in [0.1, 0.15) is 41.4 Å². The van der Waals surface area contributed by atoms with Crippen molar-refractivity contribution in [3.63, 3.8) is 0 Å². The van der Waals surface area contributed by atoms with Crippen LogP contribution in [0.1, 0.15) is 51.0 Å². The Morgan fingerprint density at radius 1 is 1.11 bits per heavy atom. The number of benzene rings is 2. The number of rotatable bonds is 6. The molecule has 47 heavy (non-hydrogen) atoms. The highest BCUT2D eigenvalue weighted by molar-refractivity contribution is 6.01. The third kappa shape index (κ3) is 5.18. The lowest BCUT2D eigenvalue weighted by atomic mass is 9.88. The fourth-order valence-corrected chi connectivity index (χ4v) is 8.41. The molecule has 8 nitrogen and oxygen atoms in total. The van der Waals surface area contributed by atoms with Crippen LogP contribution in [-0.2, 0) is 11.2 Å². The predicted octanol–water partition coefficient (Wildman–Crippen LogP) is 6.66. The number of alkyl halides is 1. The topological polar surface area (TPSA) is 83.8 Å². The summed E-state index contributed by atoms with van der Waals surface area (Å²) in [6, 6.07) is 5.89. The van der Waals surface area contributed by atoms with Crippen LogP contribution in [0.25, 0.3) is 32.9 Å². The zero-order valence-corrected chi connectivity index (χ0v) is 26.4. The first-order valence-corrected chi connectivity index (χ1v) is 16.6. The average Bonchev–Trinajstić information content (AvgIpc) is 3.59. The van der Waals surface area contributed by atoms with Gasteiger partial charge in [0, 0.05) is 37.8 Å². The fraction of sp³-hybridized carbons (Fsp3) is 0.472. The average molecular weight is 646 g/mol. The molecule has 1 unspecified atom stereocenters. The van der Waals surface area contributed by atoms with Gasteiger partial charge in [-0.1, -0.05) is 25.1 Å². The molecule has 4 aliphatic heterocycles. The summed E-state index contributed by atoms with van der Waals surface area (Å²) >= 11 is 0. The van der Waals surface area contributed by atoms with Crippen LogP contribution in [0.5, 0.6) is 11.8 Å². The molecule has 0 saturated carbocycles. The van der Waals surface area contributed by atoms with Gasteiger partial charge in [-0.2, -0.15) is 9.97 Å². The second-order valence-electron chi connectivity index (χ2n) is 13.5. The molecule has 11 heteroatoms. The van der Waals surface area contributed by atoms with Gasteiger partial charge < -0.3 is 19.5 Å². The van der Waals surface area contributed by atoms with Gasteiger partial charge in [-0.15, -0.1) is 0 Å². The van der Waals surface area contributed by atoms with Gasteiger partial charge in [-0.05, 0) is 79.6 Å². The van der Waals surface area contributed by atoms with E-state index in [0.717, 1.165) is 38.6 Å². The first-order chi connectivity index (χ1) is 22.8. The summed E-state index contributed by atoms with van der Waals surface area (Å²) in [6.45, 7) is 5.02. The molecule has 0 bridgehead atoms. The molecule has 2 aromatic carbocycles. The molecule has 0 amide bonds. The molecule has 3 fully saturated rings. The fourth-order valence-electron chi connectivity index (χ4n) is 8.41. The molecule has 3 atom stereocenters. The van der Waals surface area contributed by atoms with Gasteiger partial charge >= 0.3 is 6.01 Å². The second-order valence-corrected chi connectivity index (χ2v) is 13.5. The van der Waals surface area contributed by atoms with Crippen LogP contribution < -0.4 is 9.64 Å². The van der Waals surface area contributed by atoms with E-state index in [2.05, 4.69) is 25.8 Å². The third-order valence-electron chi connectivity index (χ3n) is 10.6. The Bertz CT molecular complexity index is 1910. The van der Waals surface area contributed by atoms with E-state index in [-0.39, 0.29) is 40.7 Å². The van der Waals surface area contributed by atoms with E-state index in [1.165, 1.54) is 18.2 Å². The number of hydrogen-bond donors (Lipinski definition) is 1. The van der Waals surface area contributed by atoms with Crippen LogP contribution in [0.4, 0.5) is 19.0 Å². The van der Waals surface area contributed by atoms with Crippen LogP contribution in [0.3, 0.4) is 0 Å². The molecule has 0 aliphatic carbocycles. The van der Waals surface area contributed by atoms with Crippen molar-refractivity contribution < 1.29 is 27.8 Å². The van der Waals surface area contributed by atoms with Crippen molar-refractivity contribution in [2.75, 3.05) is 44.3 Å². The van der Waals surface area contributed by atoms with Crippen LogP contribution in [0.15, 0.2) is 42.6 Å². The lowest BCUT2D eigenvalue weighted by molar-refractivity contribution is -0.0451. The molecule has 2 aromatic heterocycles. The molecule has 6 heterocycles. The van der Waals surface area contributed by atoms with E-state index in [0.29, 0.717) is 66.6 Å². The number of aryl methyl sites for hydroxylation is 1. The molecule has 246 valence electrons. The summed E-state index contributed by atoms with van der Waals surface area (Å²) in [5, 5.41) is 12.1. The van der Waals surface area contributed by atoms with Gasteiger partial charge in [-0.3, -0.25) is 9.88 Å². The van der Waals surface area contributed by atoms with Gasteiger partial charge in [0.05, 0.1) is 23.1 Å². The Labute approximate surface area is 271 Å². The number of phenols is 1. The third-order valence-corrected chi connectivity index (χ3v) is 10.6. The largest absolute Gasteiger partial charge is 0.508 e. The number of aromatic nitrogens is 3. The van der Waals surface area contributed by atoms with E-state index in [9.17, 15) is 9.50 Å². The number of phenolic OH excluding ortho intramolecular Hbond substituents is 1. The van der Waals surface area contributed by atoms with Gasteiger partial charge in [-0.25, -0.2) is 13.2 Å². The summed E-state index contributed by atoms with van der Waals surface area (Å²) in [6.07, 6.45) is 9.88.